The van der Waals surface area contributed by atoms with E-state index in [1.165, 1.54) is 4.68 Å². The average molecular weight is 385 g/mol. The van der Waals surface area contributed by atoms with E-state index < -0.39 is 0 Å². The van der Waals surface area contributed by atoms with Gasteiger partial charge >= 0.3 is 0 Å². The lowest BCUT2D eigenvalue weighted by molar-refractivity contribution is 0.571. The van der Waals surface area contributed by atoms with Gasteiger partial charge in [-0.3, -0.25) is 9.89 Å². The van der Waals surface area contributed by atoms with Crippen LogP contribution in [0.15, 0.2) is 75.9 Å². The quantitative estimate of drug-likeness (QED) is 0.518. The lowest BCUT2D eigenvalue weighted by Crippen LogP contribution is -2.33. The van der Waals surface area contributed by atoms with Gasteiger partial charge < -0.3 is 4.42 Å². The fourth-order valence-electron chi connectivity index (χ4n) is 3.07. The van der Waals surface area contributed by atoms with Gasteiger partial charge in [-0.2, -0.15) is 0 Å². The number of benzene rings is 2. The third-order valence-electron chi connectivity index (χ3n) is 4.44. The van der Waals surface area contributed by atoms with Gasteiger partial charge in [-0.05, 0) is 42.5 Å². The molecular formula is C22H15N3O2S. The topological polar surface area (TPSA) is 63.8 Å². The van der Waals surface area contributed by atoms with Crippen molar-refractivity contribution in [1.29, 1.82) is 0 Å². The van der Waals surface area contributed by atoms with Crippen LogP contribution in [0, 0.1) is 0 Å². The maximum absolute atomic E-state index is 12.8. The summed E-state index contributed by atoms with van der Waals surface area (Å²) in [5.74, 6) is 1.26. The van der Waals surface area contributed by atoms with Crippen molar-refractivity contribution in [1.82, 2.24) is 14.8 Å². The van der Waals surface area contributed by atoms with Gasteiger partial charge in [0.05, 0.1) is 26.5 Å². The van der Waals surface area contributed by atoms with Crippen LogP contribution in [0.25, 0.3) is 39.3 Å². The number of rotatable bonds is 3. The third kappa shape index (κ3) is 2.80. The molecule has 0 aliphatic rings. The minimum absolute atomic E-state index is 0.172. The molecule has 6 heteroatoms. The molecule has 0 amide bonds. The van der Waals surface area contributed by atoms with Crippen molar-refractivity contribution >= 4 is 34.2 Å². The van der Waals surface area contributed by atoms with Crippen LogP contribution in [-0.4, -0.2) is 14.8 Å². The van der Waals surface area contributed by atoms with E-state index in [1.807, 2.05) is 66.7 Å². The number of H-pyrrole nitrogens is 1. The number of nitrogens with zero attached hydrogens (tertiary/aromatic N) is 2. The number of hydrogen-bond donors (Lipinski definition) is 1. The number of para-hydroxylation sites is 2. The van der Waals surface area contributed by atoms with E-state index in [2.05, 4.69) is 16.7 Å². The molecule has 5 aromatic rings. The predicted octanol–water partition coefficient (Wildman–Crippen LogP) is 3.27. The van der Waals surface area contributed by atoms with Crippen LogP contribution in [-0.2, 0) is 0 Å². The lowest BCUT2D eigenvalue weighted by Gasteiger charge is -1.98. The van der Waals surface area contributed by atoms with Crippen molar-refractivity contribution in [3.8, 4) is 16.5 Å². The van der Waals surface area contributed by atoms with Crippen molar-refractivity contribution in [2.24, 2.45) is 0 Å². The summed E-state index contributed by atoms with van der Waals surface area (Å²) in [7, 11) is 0. The summed E-state index contributed by atoms with van der Waals surface area (Å²) in [6, 6.07) is 21.1. The van der Waals surface area contributed by atoms with Gasteiger partial charge in [0.25, 0.3) is 5.56 Å². The Kier molecular flexibility index (Phi) is 3.84. The molecule has 0 unspecified atom stereocenters. The first-order valence-electron chi connectivity index (χ1n) is 8.72. The maximum Gasteiger partial charge on any atom is 0.279 e. The van der Waals surface area contributed by atoms with Crippen molar-refractivity contribution in [3.05, 3.63) is 93.4 Å². The third-order valence-corrected chi connectivity index (χ3v) is 5.49. The van der Waals surface area contributed by atoms with Crippen LogP contribution >= 0.6 is 11.3 Å². The first-order chi connectivity index (χ1) is 13.7. The second-order valence-electron chi connectivity index (χ2n) is 6.31. The van der Waals surface area contributed by atoms with Crippen molar-refractivity contribution in [2.75, 3.05) is 0 Å². The molecule has 0 spiro atoms. The second kappa shape index (κ2) is 6.51. The highest BCUT2D eigenvalue weighted by atomic mass is 32.1. The molecule has 0 saturated heterocycles. The highest BCUT2D eigenvalue weighted by Gasteiger charge is 2.10. The Morgan fingerprint density at radius 3 is 2.64 bits per heavy atom. The highest BCUT2D eigenvalue weighted by molar-refractivity contribution is 7.21. The molecule has 136 valence electrons. The van der Waals surface area contributed by atoms with E-state index in [9.17, 15) is 4.79 Å². The van der Waals surface area contributed by atoms with Crippen LogP contribution in [0.2, 0.25) is 0 Å². The Balaban J connectivity index is 1.57. The molecule has 1 N–H and O–H groups in total. The molecule has 0 saturated carbocycles. The van der Waals surface area contributed by atoms with Crippen molar-refractivity contribution in [3.63, 3.8) is 0 Å². The van der Waals surface area contributed by atoms with E-state index in [-0.39, 0.29) is 5.56 Å². The smallest absolute Gasteiger partial charge is 0.279 e. The van der Waals surface area contributed by atoms with E-state index in [0.717, 1.165) is 20.9 Å². The zero-order valence-corrected chi connectivity index (χ0v) is 15.6. The van der Waals surface area contributed by atoms with Crippen LogP contribution in [0.5, 0.6) is 0 Å². The van der Waals surface area contributed by atoms with Gasteiger partial charge in [0.2, 0.25) is 0 Å². The SMILES string of the molecule is C=c1[nH]n(-c2ccccc2)c(=O)/c1=C\c1ccc(-c2nc3ccccc3s2)o1. The Morgan fingerprint density at radius 2 is 1.82 bits per heavy atom. The van der Waals surface area contributed by atoms with Gasteiger partial charge in [-0.25, -0.2) is 9.67 Å². The summed E-state index contributed by atoms with van der Waals surface area (Å²) in [6.07, 6.45) is 1.71. The zero-order valence-electron chi connectivity index (χ0n) is 14.8. The molecule has 3 aromatic heterocycles. The number of hydrogen-bond acceptors (Lipinski definition) is 4. The standard InChI is InChI=1S/C22H15N3O2S/c1-14-17(22(26)25(24-14)15-7-3-2-4-8-15)13-16-11-12-19(27-16)21-23-18-9-5-6-10-20(18)28-21/h2-13,24H,1H2/b17-13-. The largest absolute Gasteiger partial charge is 0.454 e. The summed E-state index contributed by atoms with van der Waals surface area (Å²) < 4.78 is 8.52. The maximum atomic E-state index is 12.8. The Labute approximate surface area is 163 Å². The predicted molar refractivity (Wildman–Crippen MR) is 112 cm³/mol. The van der Waals surface area contributed by atoms with Crippen LogP contribution in [0.1, 0.15) is 5.76 Å². The van der Waals surface area contributed by atoms with E-state index in [4.69, 9.17) is 4.42 Å². The minimum atomic E-state index is -0.172. The first-order valence-corrected chi connectivity index (χ1v) is 9.53. The number of furan rings is 1. The first kappa shape index (κ1) is 16.5. The molecule has 2 aromatic carbocycles. The van der Waals surface area contributed by atoms with Crippen molar-refractivity contribution < 1.29 is 4.42 Å². The molecule has 0 fully saturated rings. The number of aromatic nitrogens is 3. The molecular weight excluding hydrogens is 370 g/mol. The monoisotopic (exact) mass is 385 g/mol. The molecule has 28 heavy (non-hydrogen) atoms. The van der Waals surface area contributed by atoms with Crippen LogP contribution in [0.4, 0.5) is 0 Å². The Bertz CT molecular complexity index is 1420. The van der Waals surface area contributed by atoms with Gasteiger partial charge in [0, 0.05) is 0 Å². The van der Waals surface area contributed by atoms with Gasteiger partial charge in [0.15, 0.2) is 10.8 Å². The summed E-state index contributed by atoms with van der Waals surface area (Å²) >= 11 is 1.57. The zero-order chi connectivity index (χ0) is 19.1. The normalized spacial score (nSPS) is 12.1. The fourth-order valence-corrected chi connectivity index (χ4v) is 4.00. The Hall–Kier alpha value is -3.64. The molecule has 0 aliphatic heterocycles. The van der Waals surface area contributed by atoms with E-state index in [1.54, 1.807) is 17.4 Å². The molecule has 0 atom stereocenters. The number of thiazole rings is 1. The lowest BCUT2D eigenvalue weighted by atomic mass is 10.3. The molecule has 0 aliphatic carbocycles. The minimum Gasteiger partial charge on any atom is -0.454 e. The van der Waals surface area contributed by atoms with Crippen molar-refractivity contribution in [2.45, 2.75) is 0 Å². The van der Waals surface area contributed by atoms with Crippen LogP contribution < -0.4 is 16.1 Å². The summed E-state index contributed by atoms with van der Waals surface area (Å²) in [6.45, 7) is 3.96. The molecule has 5 nitrogen and oxygen atoms in total. The van der Waals surface area contributed by atoms with Crippen LogP contribution in [0.3, 0.4) is 0 Å². The second-order valence-corrected chi connectivity index (χ2v) is 7.34. The molecule has 0 radical (unpaired) electrons. The molecule has 0 bridgehead atoms. The summed E-state index contributed by atoms with van der Waals surface area (Å²) in [4.78, 5) is 17.4. The number of fused-ring (bicyclic) bond motifs is 1. The number of nitrogens with one attached hydrogen (secondary N) is 1. The highest BCUT2D eigenvalue weighted by Crippen LogP contribution is 2.31. The van der Waals surface area contributed by atoms with E-state index in [0.29, 0.717) is 22.1 Å². The van der Waals surface area contributed by atoms with Gasteiger partial charge in [-0.1, -0.05) is 36.9 Å². The number of aromatic amines is 1. The summed E-state index contributed by atoms with van der Waals surface area (Å²) in [5.41, 5.74) is 1.53. The fraction of sp³-hybridized carbons (Fsp3) is 0. The molecule has 3 heterocycles. The van der Waals surface area contributed by atoms with Gasteiger partial charge in [-0.15, -0.1) is 11.3 Å². The van der Waals surface area contributed by atoms with Gasteiger partial charge in [0.1, 0.15) is 5.76 Å². The Morgan fingerprint density at radius 1 is 1.04 bits per heavy atom. The summed E-state index contributed by atoms with van der Waals surface area (Å²) in [5, 5.41) is 4.83. The van der Waals surface area contributed by atoms with E-state index >= 15 is 0 Å². The average Bonchev–Trinajstić information content (AvgIpc) is 3.42. The molecule has 5 rings (SSSR count).